The number of hydrogen-bond donors (Lipinski definition) is 1. The van der Waals surface area contributed by atoms with Gasteiger partial charge in [0.15, 0.2) is 0 Å². The first-order valence-electron chi connectivity index (χ1n) is 5.51. The van der Waals surface area contributed by atoms with Gasteiger partial charge in [0.25, 0.3) is 0 Å². The Balaban J connectivity index is 2.22. The summed E-state index contributed by atoms with van der Waals surface area (Å²) in [4.78, 5) is 2.43. The highest BCUT2D eigenvalue weighted by molar-refractivity contribution is 6.31. The molecular formula is C12H17ClN2. The van der Waals surface area contributed by atoms with Crippen molar-refractivity contribution in [3.8, 4) is 0 Å². The van der Waals surface area contributed by atoms with Gasteiger partial charge in [0.1, 0.15) is 0 Å². The van der Waals surface area contributed by atoms with Gasteiger partial charge in [-0.2, -0.15) is 0 Å². The van der Waals surface area contributed by atoms with Gasteiger partial charge in [-0.15, -0.1) is 0 Å². The summed E-state index contributed by atoms with van der Waals surface area (Å²) in [6.07, 6.45) is 2.56. The van der Waals surface area contributed by atoms with E-state index in [0.29, 0.717) is 12.6 Å². The average molecular weight is 225 g/mol. The normalized spacial score (nSPS) is 19.3. The van der Waals surface area contributed by atoms with E-state index in [1.165, 1.54) is 18.4 Å². The van der Waals surface area contributed by atoms with Crippen molar-refractivity contribution in [3.63, 3.8) is 0 Å². The highest BCUT2D eigenvalue weighted by Gasteiger charge is 2.23. The highest BCUT2D eigenvalue weighted by Crippen LogP contribution is 2.29. The number of benzene rings is 1. The fourth-order valence-corrected chi connectivity index (χ4v) is 2.53. The van der Waals surface area contributed by atoms with Crippen LogP contribution in [0.4, 0.5) is 0 Å². The zero-order valence-corrected chi connectivity index (χ0v) is 9.58. The molecule has 0 unspecified atom stereocenters. The van der Waals surface area contributed by atoms with Crippen molar-refractivity contribution >= 4 is 11.6 Å². The summed E-state index contributed by atoms with van der Waals surface area (Å²) in [7, 11) is 0. The fraction of sp³-hybridized carbons (Fsp3) is 0.500. The SMILES string of the molecule is NC[C@H](c1ccccc1Cl)N1CCCC1. The zero-order chi connectivity index (χ0) is 10.7. The van der Waals surface area contributed by atoms with Gasteiger partial charge in [-0.25, -0.2) is 0 Å². The number of nitrogens with two attached hydrogens (primary N) is 1. The highest BCUT2D eigenvalue weighted by atomic mass is 35.5. The minimum Gasteiger partial charge on any atom is -0.329 e. The van der Waals surface area contributed by atoms with Crippen LogP contribution in [-0.4, -0.2) is 24.5 Å². The van der Waals surface area contributed by atoms with Crippen molar-refractivity contribution in [2.45, 2.75) is 18.9 Å². The van der Waals surface area contributed by atoms with Crippen molar-refractivity contribution in [1.82, 2.24) is 4.90 Å². The second kappa shape index (κ2) is 4.97. The molecule has 1 atom stereocenters. The van der Waals surface area contributed by atoms with Crippen LogP contribution in [0.5, 0.6) is 0 Å². The summed E-state index contributed by atoms with van der Waals surface area (Å²) >= 11 is 6.19. The molecule has 0 bridgehead atoms. The lowest BCUT2D eigenvalue weighted by Gasteiger charge is -2.27. The van der Waals surface area contributed by atoms with Crippen LogP contribution in [0.1, 0.15) is 24.4 Å². The van der Waals surface area contributed by atoms with Crippen molar-refractivity contribution in [1.29, 1.82) is 0 Å². The molecule has 0 spiro atoms. The van der Waals surface area contributed by atoms with Crippen LogP contribution in [0.2, 0.25) is 5.02 Å². The van der Waals surface area contributed by atoms with Gasteiger partial charge in [0.2, 0.25) is 0 Å². The maximum atomic E-state index is 6.19. The predicted octanol–water partition coefficient (Wildman–Crippen LogP) is 2.44. The largest absolute Gasteiger partial charge is 0.329 e. The molecule has 2 nitrogen and oxygen atoms in total. The van der Waals surface area contributed by atoms with Gasteiger partial charge >= 0.3 is 0 Å². The Morgan fingerprint density at radius 3 is 2.53 bits per heavy atom. The molecule has 0 aromatic heterocycles. The monoisotopic (exact) mass is 224 g/mol. The lowest BCUT2D eigenvalue weighted by atomic mass is 10.1. The first-order chi connectivity index (χ1) is 7.33. The van der Waals surface area contributed by atoms with Crippen LogP contribution >= 0.6 is 11.6 Å². The van der Waals surface area contributed by atoms with Gasteiger partial charge in [0.05, 0.1) is 0 Å². The lowest BCUT2D eigenvalue weighted by molar-refractivity contribution is 0.251. The van der Waals surface area contributed by atoms with E-state index in [2.05, 4.69) is 11.0 Å². The lowest BCUT2D eigenvalue weighted by Crippen LogP contribution is -2.31. The number of likely N-dealkylation sites (tertiary alicyclic amines) is 1. The van der Waals surface area contributed by atoms with E-state index in [0.717, 1.165) is 18.1 Å². The van der Waals surface area contributed by atoms with Gasteiger partial charge in [-0.3, -0.25) is 4.90 Å². The molecule has 1 fully saturated rings. The molecule has 1 aliphatic rings. The number of hydrogen-bond acceptors (Lipinski definition) is 2. The van der Waals surface area contributed by atoms with Crippen LogP contribution in [0.25, 0.3) is 0 Å². The van der Waals surface area contributed by atoms with E-state index in [1.807, 2.05) is 18.2 Å². The number of nitrogens with zero attached hydrogens (tertiary/aromatic N) is 1. The first-order valence-corrected chi connectivity index (χ1v) is 5.89. The van der Waals surface area contributed by atoms with Gasteiger partial charge < -0.3 is 5.73 Å². The molecular weight excluding hydrogens is 208 g/mol. The Hall–Kier alpha value is -0.570. The van der Waals surface area contributed by atoms with E-state index in [9.17, 15) is 0 Å². The Morgan fingerprint density at radius 1 is 1.27 bits per heavy atom. The van der Waals surface area contributed by atoms with Gasteiger partial charge in [-0.1, -0.05) is 29.8 Å². The maximum absolute atomic E-state index is 6.19. The molecule has 1 saturated heterocycles. The molecule has 2 N–H and O–H groups in total. The van der Waals surface area contributed by atoms with E-state index in [-0.39, 0.29) is 0 Å². The Bertz CT molecular complexity index is 321. The second-order valence-electron chi connectivity index (χ2n) is 4.02. The molecule has 0 radical (unpaired) electrons. The van der Waals surface area contributed by atoms with Crippen LogP contribution in [0, 0.1) is 0 Å². The summed E-state index contributed by atoms with van der Waals surface area (Å²) < 4.78 is 0. The van der Waals surface area contributed by atoms with Crippen molar-refractivity contribution in [3.05, 3.63) is 34.9 Å². The third-order valence-electron chi connectivity index (χ3n) is 3.07. The Kier molecular flexibility index (Phi) is 3.62. The number of halogens is 1. The molecule has 0 saturated carbocycles. The Morgan fingerprint density at radius 2 is 1.93 bits per heavy atom. The standard InChI is InChI=1S/C12H17ClN2/c13-11-6-2-1-5-10(11)12(9-14)15-7-3-4-8-15/h1-2,5-6,12H,3-4,7-9,14H2/t12-/m1/s1. The van der Waals surface area contributed by atoms with E-state index in [1.54, 1.807) is 0 Å². The van der Waals surface area contributed by atoms with E-state index in [4.69, 9.17) is 17.3 Å². The molecule has 1 aliphatic heterocycles. The molecule has 0 amide bonds. The summed E-state index contributed by atoms with van der Waals surface area (Å²) in [5.74, 6) is 0. The second-order valence-corrected chi connectivity index (χ2v) is 4.42. The third kappa shape index (κ3) is 2.33. The summed E-state index contributed by atoms with van der Waals surface area (Å²) in [6.45, 7) is 2.93. The first kappa shape index (κ1) is 10.9. The quantitative estimate of drug-likeness (QED) is 0.855. The minimum atomic E-state index is 0.293. The minimum absolute atomic E-state index is 0.293. The molecule has 1 heterocycles. The third-order valence-corrected chi connectivity index (χ3v) is 3.41. The molecule has 3 heteroatoms. The van der Waals surface area contributed by atoms with Crippen molar-refractivity contribution < 1.29 is 0 Å². The summed E-state index contributed by atoms with van der Waals surface area (Å²) in [5, 5.41) is 0.833. The van der Waals surface area contributed by atoms with Crippen molar-refractivity contribution in [2.75, 3.05) is 19.6 Å². The Labute approximate surface area is 96.0 Å². The van der Waals surface area contributed by atoms with Crippen LogP contribution < -0.4 is 5.73 Å². The van der Waals surface area contributed by atoms with Crippen LogP contribution in [-0.2, 0) is 0 Å². The summed E-state index contributed by atoms with van der Waals surface area (Å²) in [5.41, 5.74) is 7.02. The van der Waals surface area contributed by atoms with Gasteiger partial charge in [-0.05, 0) is 37.6 Å². The van der Waals surface area contributed by atoms with Crippen molar-refractivity contribution in [2.24, 2.45) is 5.73 Å². The molecule has 0 aliphatic carbocycles. The molecule has 2 rings (SSSR count). The zero-order valence-electron chi connectivity index (χ0n) is 8.82. The average Bonchev–Trinajstić information content (AvgIpc) is 2.75. The molecule has 15 heavy (non-hydrogen) atoms. The smallest absolute Gasteiger partial charge is 0.0485 e. The van der Waals surface area contributed by atoms with E-state index < -0.39 is 0 Å². The van der Waals surface area contributed by atoms with E-state index >= 15 is 0 Å². The fourth-order valence-electron chi connectivity index (χ4n) is 2.27. The topological polar surface area (TPSA) is 29.3 Å². The van der Waals surface area contributed by atoms with Gasteiger partial charge in [0, 0.05) is 17.6 Å². The van der Waals surface area contributed by atoms with Crippen LogP contribution in [0.3, 0.4) is 0 Å². The molecule has 1 aromatic rings. The maximum Gasteiger partial charge on any atom is 0.0485 e. The number of rotatable bonds is 3. The summed E-state index contributed by atoms with van der Waals surface area (Å²) in [6, 6.07) is 8.30. The molecule has 82 valence electrons. The molecule has 1 aromatic carbocycles. The van der Waals surface area contributed by atoms with Crippen LogP contribution in [0.15, 0.2) is 24.3 Å². The predicted molar refractivity (Wildman–Crippen MR) is 64.1 cm³/mol.